The van der Waals surface area contributed by atoms with Crippen LogP contribution in [0.5, 0.6) is 0 Å². The van der Waals surface area contributed by atoms with Gasteiger partial charge in [-0.15, -0.1) is 0 Å². The fourth-order valence-corrected chi connectivity index (χ4v) is 2.57. The van der Waals surface area contributed by atoms with Crippen LogP contribution in [0.25, 0.3) is 0 Å². The van der Waals surface area contributed by atoms with Gasteiger partial charge in [-0.1, -0.05) is 0 Å². The molecule has 2 rings (SSSR count). The number of aliphatic hydroxyl groups excluding tert-OH is 2. The molecule has 2 fully saturated rings. The van der Waals surface area contributed by atoms with Crippen molar-refractivity contribution in [3.63, 3.8) is 0 Å². The van der Waals surface area contributed by atoms with Crippen molar-refractivity contribution in [1.29, 1.82) is 0 Å². The van der Waals surface area contributed by atoms with E-state index in [1.54, 1.807) is 0 Å². The van der Waals surface area contributed by atoms with Gasteiger partial charge in [0, 0.05) is 12.1 Å². The number of aliphatic hydroxyl groups is 2. The van der Waals surface area contributed by atoms with Crippen molar-refractivity contribution in [3.05, 3.63) is 0 Å². The Balaban J connectivity index is 1.86. The minimum absolute atomic E-state index is 0.0179. The van der Waals surface area contributed by atoms with Gasteiger partial charge in [-0.2, -0.15) is 0 Å². The van der Waals surface area contributed by atoms with E-state index in [2.05, 4.69) is 10.6 Å². The second-order valence-corrected chi connectivity index (χ2v) is 4.46. The molecule has 15 heavy (non-hydrogen) atoms. The SMILES string of the molecule is O=C(NC(CO)CO)C1CC2CCC1N2. The molecule has 0 aliphatic carbocycles. The van der Waals surface area contributed by atoms with Crippen LogP contribution in [0.2, 0.25) is 0 Å². The van der Waals surface area contributed by atoms with Crippen LogP contribution in [0, 0.1) is 5.92 Å². The lowest BCUT2D eigenvalue weighted by Crippen LogP contribution is -2.45. The Morgan fingerprint density at radius 3 is 2.60 bits per heavy atom. The summed E-state index contributed by atoms with van der Waals surface area (Å²) in [4.78, 5) is 11.8. The zero-order chi connectivity index (χ0) is 10.8. The van der Waals surface area contributed by atoms with Crippen LogP contribution in [0.1, 0.15) is 19.3 Å². The van der Waals surface area contributed by atoms with E-state index >= 15 is 0 Å². The zero-order valence-electron chi connectivity index (χ0n) is 8.65. The van der Waals surface area contributed by atoms with Crippen molar-refractivity contribution in [2.75, 3.05) is 13.2 Å². The molecule has 86 valence electrons. The quantitative estimate of drug-likeness (QED) is 0.464. The third kappa shape index (κ3) is 2.14. The second kappa shape index (κ2) is 4.47. The van der Waals surface area contributed by atoms with Gasteiger partial charge < -0.3 is 20.8 Å². The van der Waals surface area contributed by atoms with Gasteiger partial charge in [0.05, 0.1) is 25.2 Å². The number of fused-ring (bicyclic) bond motifs is 2. The third-order valence-electron chi connectivity index (χ3n) is 3.42. The first-order chi connectivity index (χ1) is 7.24. The predicted octanol–water partition coefficient (Wildman–Crippen LogP) is -1.40. The maximum absolute atomic E-state index is 11.8. The summed E-state index contributed by atoms with van der Waals surface area (Å²) < 4.78 is 0. The average molecular weight is 214 g/mol. The molecule has 0 saturated carbocycles. The number of carbonyl (C=O) groups is 1. The van der Waals surface area contributed by atoms with Gasteiger partial charge in [0.15, 0.2) is 0 Å². The molecule has 1 amide bonds. The van der Waals surface area contributed by atoms with E-state index in [9.17, 15) is 4.79 Å². The van der Waals surface area contributed by atoms with E-state index in [1.807, 2.05) is 0 Å². The van der Waals surface area contributed by atoms with E-state index < -0.39 is 6.04 Å². The summed E-state index contributed by atoms with van der Waals surface area (Å²) in [5.74, 6) is -0.0212. The summed E-state index contributed by atoms with van der Waals surface area (Å²) in [5.41, 5.74) is 0. The molecule has 0 aromatic heterocycles. The molecule has 2 aliphatic heterocycles. The molecule has 2 heterocycles. The van der Waals surface area contributed by atoms with Gasteiger partial charge in [0.1, 0.15) is 0 Å². The molecule has 3 unspecified atom stereocenters. The highest BCUT2D eigenvalue weighted by atomic mass is 16.3. The van der Waals surface area contributed by atoms with Gasteiger partial charge in [-0.3, -0.25) is 4.79 Å². The summed E-state index contributed by atoms with van der Waals surface area (Å²) in [7, 11) is 0. The minimum Gasteiger partial charge on any atom is -0.394 e. The molecule has 0 spiro atoms. The number of carbonyl (C=O) groups excluding carboxylic acids is 1. The highest BCUT2D eigenvalue weighted by Gasteiger charge is 2.42. The molecule has 0 aromatic carbocycles. The molecule has 2 saturated heterocycles. The Kier molecular flexibility index (Phi) is 3.23. The van der Waals surface area contributed by atoms with E-state index in [0.29, 0.717) is 12.1 Å². The summed E-state index contributed by atoms with van der Waals surface area (Å²) in [6.45, 7) is -0.424. The van der Waals surface area contributed by atoms with Crippen LogP contribution >= 0.6 is 0 Å². The standard InChI is InChI=1S/C10H18N2O3/c13-4-7(5-14)12-10(15)8-3-6-1-2-9(8)11-6/h6-9,11,13-14H,1-5H2,(H,12,15). The summed E-state index contributed by atoms with van der Waals surface area (Å²) in [6, 6.07) is 0.275. The second-order valence-electron chi connectivity index (χ2n) is 4.46. The van der Waals surface area contributed by atoms with E-state index in [0.717, 1.165) is 19.3 Å². The van der Waals surface area contributed by atoms with Crippen LogP contribution in [0.4, 0.5) is 0 Å². The maximum atomic E-state index is 11.8. The Labute approximate surface area is 88.9 Å². The van der Waals surface area contributed by atoms with Crippen LogP contribution in [0.15, 0.2) is 0 Å². The minimum atomic E-state index is -0.517. The van der Waals surface area contributed by atoms with E-state index in [-0.39, 0.29) is 25.0 Å². The van der Waals surface area contributed by atoms with Crippen molar-refractivity contribution < 1.29 is 15.0 Å². The van der Waals surface area contributed by atoms with Crippen LogP contribution < -0.4 is 10.6 Å². The Hall–Kier alpha value is -0.650. The maximum Gasteiger partial charge on any atom is 0.225 e. The first-order valence-corrected chi connectivity index (χ1v) is 5.52. The highest BCUT2D eigenvalue weighted by Crippen LogP contribution is 2.33. The van der Waals surface area contributed by atoms with Crippen molar-refractivity contribution in [1.82, 2.24) is 10.6 Å². The first-order valence-electron chi connectivity index (χ1n) is 5.52. The number of rotatable bonds is 4. The molecule has 4 N–H and O–H groups in total. The molecular formula is C10H18N2O3. The summed E-state index contributed by atoms with van der Waals surface area (Å²) in [5, 5.41) is 23.8. The fourth-order valence-electron chi connectivity index (χ4n) is 2.57. The lowest BCUT2D eigenvalue weighted by Gasteiger charge is -2.22. The van der Waals surface area contributed by atoms with Gasteiger partial charge in [0.2, 0.25) is 5.91 Å². The number of hydrogen-bond acceptors (Lipinski definition) is 4. The molecule has 3 atom stereocenters. The molecule has 0 radical (unpaired) electrons. The zero-order valence-corrected chi connectivity index (χ0v) is 8.65. The highest BCUT2D eigenvalue weighted by molar-refractivity contribution is 5.80. The van der Waals surface area contributed by atoms with Gasteiger partial charge in [0.25, 0.3) is 0 Å². The van der Waals surface area contributed by atoms with Crippen molar-refractivity contribution in [2.45, 2.75) is 37.4 Å². The molecule has 2 bridgehead atoms. The monoisotopic (exact) mass is 214 g/mol. The Morgan fingerprint density at radius 2 is 2.13 bits per heavy atom. The van der Waals surface area contributed by atoms with E-state index in [4.69, 9.17) is 10.2 Å². The fraction of sp³-hybridized carbons (Fsp3) is 0.900. The van der Waals surface area contributed by atoms with Gasteiger partial charge in [-0.25, -0.2) is 0 Å². The Morgan fingerprint density at radius 1 is 1.40 bits per heavy atom. The van der Waals surface area contributed by atoms with Crippen molar-refractivity contribution in [3.8, 4) is 0 Å². The first kappa shape index (κ1) is 10.9. The topological polar surface area (TPSA) is 81.6 Å². The number of amides is 1. The lowest BCUT2D eigenvalue weighted by atomic mass is 9.88. The van der Waals surface area contributed by atoms with Gasteiger partial charge >= 0.3 is 0 Å². The molecular weight excluding hydrogens is 196 g/mol. The summed E-state index contributed by atoms with van der Waals surface area (Å²) in [6.07, 6.45) is 3.11. The third-order valence-corrected chi connectivity index (χ3v) is 3.42. The average Bonchev–Trinajstić information content (AvgIpc) is 2.87. The van der Waals surface area contributed by atoms with Crippen molar-refractivity contribution >= 4 is 5.91 Å². The largest absolute Gasteiger partial charge is 0.394 e. The molecule has 5 nitrogen and oxygen atoms in total. The summed E-state index contributed by atoms with van der Waals surface area (Å²) >= 11 is 0. The van der Waals surface area contributed by atoms with Gasteiger partial charge in [-0.05, 0) is 19.3 Å². The molecule has 5 heteroatoms. The lowest BCUT2D eigenvalue weighted by molar-refractivity contribution is -0.127. The molecule has 2 aliphatic rings. The molecule has 0 aromatic rings. The van der Waals surface area contributed by atoms with Crippen molar-refractivity contribution in [2.24, 2.45) is 5.92 Å². The van der Waals surface area contributed by atoms with Crippen LogP contribution in [-0.4, -0.2) is 47.5 Å². The number of hydrogen-bond donors (Lipinski definition) is 4. The normalized spacial score (nSPS) is 33.7. The van der Waals surface area contributed by atoms with Crippen LogP contribution in [0.3, 0.4) is 0 Å². The van der Waals surface area contributed by atoms with Crippen LogP contribution in [-0.2, 0) is 4.79 Å². The Bertz CT molecular complexity index is 243. The number of nitrogens with one attached hydrogen (secondary N) is 2. The van der Waals surface area contributed by atoms with E-state index in [1.165, 1.54) is 0 Å². The predicted molar refractivity (Wildman–Crippen MR) is 54.2 cm³/mol. The smallest absolute Gasteiger partial charge is 0.225 e.